The van der Waals surface area contributed by atoms with Crippen LogP contribution in [0.2, 0.25) is 0 Å². The van der Waals surface area contributed by atoms with Gasteiger partial charge in [0.2, 0.25) is 0 Å². The van der Waals surface area contributed by atoms with E-state index in [1.807, 2.05) is 6.07 Å². The number of nitrogens with one attached hydrogen (secondary N) is 2. The number of carbonyl (C=O) groups excluding carboxylic acids is 2. The summed E-state index contributed by atoms with van der Waals surface area (Å²) in [6, 6.07) is 12.4. The molecule has 5 rings (SSSR count). The van der Waals surface area contributed by atoms with E-state index in [2.05, 4.69) is 29.4 Å². The highest BCUT2D eigenvalue weighted by molar-refractivity contribution is 7.16. The van der Waals surface area contributed by atoms with Gasteiger partial charge in [0.25, 0.3) is 5.91 Å². The molecule has 0 unspecified atom stereocenters. The van der Waals surface area contributed by atoms with Gasteiger partial charge < -0.3 is 24.8 Å². The van der Waals surface area contributed by atoms with Crippen LogP contribution >= 0.6 is 11.3 Å². The molecule has 0 saturated heterocycles. The molecule has 0 spiro atoms. The molecule has 2 aliphatic rings. The first-order valence-electron chi connectivity index (χ1n) is 11.9. The van der Waals surface area contributed by atoms with Crippen molar-refractivity contribution < 1.29 is 23.8 Å². The molecule has 1 aromatic heterocycles. The summed E-state index contributed by atoms with van der Waals surface area (Å²) in [5, 5.41) is 7.46. The number of fused-ring (bicyclic) bond motifs is 3. The van der Waals surface area contributed by atoms with Crippen LogP contribution in [0.15, 0.2) is 42.5 Å². The van der Waals surface area contributed by atoms with Crippen LogP contribution in [0.4, 0.5) is 5.00 Å². The van der Waals surface area contributed by atoms with Crippen molar-refractivity contribution in [2.24, 2.45) is 0 Å². The number of methoxy groups -OCH3 is 2. The number of benzene rings is 2. The van der Waals surface area contributed by atoms with Gasteiger partial charge in [0.1, 0.15) is 16.9 Å². The first-order chi connectivity index (χ1) is 17.4. The molecule has 0 radical (unpaired) electrons. The lowest BCUT2D eigenvalue weighted by Gasteiger charge is -2.31. The van der Waals surface area contributed by atoms with Crippen molar-refractivity contribution in [2.75, 3.05) is 26.1 Å². The third-order valence-corrected chi connectivity index (χ3v) is 7.79. The van der Waals surface area contributed by atoms with E-state index >= 15 is 0 Å². The monoisotopic (exact) mass is 507 g/mol. The molecule has 8 nitrogen and oxygen atoms in total. The van der Waals surface area contributed by atoms with Gasteiger partial charge >= 0.3 is 5.97 Å². The highest BCUT2D eigenvalue weighted by Crippen LogP contribution is 2.42. The van der Waals surface area contributed by atoms with Crippen LogP contribution in [-0.4, -0.2) is 43.6 Å². The molecule has 0 aliphatic carbocycles. The predicted molar refractivity (Wildman–Crippen MR) is 138 cm³/mol. The topological polar surface area (TPSA) is 89.1 Å². The van der Waals surface area contributed by atoms with E-state index in [-0.39, 0.29) is 5.91 Å². The maximum Gasteiger partial charge on any atom is 0.343 e. The van der Waals surface area contributed by atoms with E-state index in [9.17, 15) is 9.59 Å². The summed E-state index contributed by atoms with van der Waals surface area (Å²) in [5.41, 5.74) is 3.12. The molecule has 3 heterocycles. The Balaban J connectivity index is 1.35. The first-order valence-corrected chi connectivity index (χ1v) is 12.7. The lowest BCUT2D eigenvalue weighted by atomic mass is 9.99. The van der Waals surface area contributed by atoms with Crippen LogP contribution in [0.3, 0.4) is 0 Å². The summed E-state index contributed by atoms with van der Waals surface area (Å²) < 4.78 is 16.2. The average molecular weight is 508 g/mol. The zero-order chi connectivity index (χ0) is 25.4. The number of thiophene rings is 1. The molecule has 2 aromatic carbocycles. The van der Waals surface area contributed by atoms with Crippen molar-refractivity contribution in [3.63, 3.8) is 0 Å². The van der Waals surface area contributed by atoms with E-state index in [0.29, 0.717) is 28.9 Å². The molecule has 0 fully saturated rings. The normalized spacial score (nSPS) is 17.0. The second-order valence-electron chi connectivity index (χ2n) is 9.10. The van der Waals surface area contributed by atoms with Crippen LogP contribution < -0.4 is 24.8 Å². The van der Waals surface area contributed by atoms with Gasteiger partial charge in [-0.1, -0.05) is 6.07 Å². The number of hydrogen-bond acceptors (Lipinski definition) is 8. The molecule has 36 heavy (non-hydrogen) atoms. The minimum atomic E-state index is -0.503. The minimum absolute atomic E-state index is 0.0711. The zero-order valence-corrected chi connectivity index (χ0v) is 21.5. The summed E-state index contributed by atoms with van der Waals surface area (Å²) in [5.74, 6) is 0.775. The van der Waals surface area contributed by atoms with Crippen molar-refractivity contribution >= 4 is 28.2 Å². The number of hydrogen-bond donors (Lipinski definition) is 2. The number of rotatable bonds is 6. The molecular formula is C27H29N3O5S. The van der Waals surface area contributed by atoms with Crippen LogP contribution in [-0.2, 0) is 13.0 Å². The smallest absolute Gasteiger partial charge is 0.343 e. The van der Waals surface area contributed by atoms with E-state index in [1.54, 1.807) is 54.8 Å². The van der Waals surface area contributed by atoms with Gasteiger partial charge in [0.05, 0.1) is 25.3 Å². The van der Waals surface area contributed by atoms with Crippen molar-refractivity contribution in [3.05, 3.63) is 69.6 Å². The van der Waals surface area contributed by atoms with Gasteiger partial charge in [-0.2, -0.15) is 0 Å². The highest BCUT2D eigenvalue weighted by atomic mass is 32.1. The second kappa shape index (κ2) is 9.83. The van der Waals surface area contributed by atoms with Gasteiger partial charge in [-0.15, -0.1) is 11.3 Å². The summed E-state index contributed by atoms with van der Waals surface area (Å²) in [7, 11) is 3.08. The van der Waals surface area contributed by atoms with Crippen LogP contribution in [0, 0.1) is 0 Å². The summed E-state index contributed by atoms with van der Waals surface area (Å²) >= 11 is 1.66. The van der Waals surface area contributed by atoms with Gasteiger partial charge in [0, 0.05) is 24.0 Å². The molecule has 3 aromatic rings. The van der Waals surface area contributed by atoms with Gasteiger partial charge in [0.15, 0.2) is 11.5 Å². The zero-order valence-electron chi connectivity index (χ0n) is 20.7. The Hall–Kier alpha value is -3.56. The lowest BCUT2D eigenvalue weighted by Crippen LogP contribution is -2.39. The summed E-state index contributed by atoms with van der Waals surface area (Å²) in [6.07, 6.45) is 0.452. The SMILES string of the molecule is COc1ccc(C(=O)Oc2ccc([C@@H]3NC(=O)c4c(sc5c4CCN(C(C)C)C5)N3)cc2OC)cc1. The van der Waals surface area contributed by atoms with Crippen molar-refractivity contribution in [2.45, 2.75) is 39.0 Å². The Bertz CT molecular complexity index is 1300. The Morgan fingerprint density at radius 2 is 1.83 bits per heavy atom. The predicted octanol–water partition coefficient (Wildman–Crippen LogP) is 4.61. The van der Waals surface area contributed by atoms with Crippen LogP contribution in [0.25, 0.3) is 0 Å². The quantitative estimate of drug-likeness (QED) is 0.372. The van der Waals surface area contributed by atoms with E-state index in [0.717, 1.165) is 41.2 Å². The standard InChI is InChI=1S/C27H29N3O5S/c1-15(2)30-12-11-19-22(14-30)36-26-23(19)25(31)28-24(29-26)17-7-10-20(21(13-17)34-4)35-27(32)16-5-8-18(33-3)9-6-16/h5-10,13,15,24,29H,11-12,14H2,1-4H3,(H,28,31)/t24-/m1/s1. The third kappa shape index (κ3) is 4.52. The van der Waals surface area contributed by atoms with Crippen molar-refractivity contribution in [1.82, 2.24) is 10.2 Å². The largest absolute Gasteiger partial charge is 0.497 e. The van der Waals surface area contributed by atoms with E-state index < -0.39 is 12.1 Å². The molecule has 1 atom stereocenters. The maximum absolute atomic E-state index is 13.1. The molecule has 1 amide bonds. The molecule has 9 heteroatoms. The third-order valence-electron chi connectivity index (χ3n) is 6.64. The number of ether oxygens (including phenoxy) is 3. The maximum atomic E-state index is 13.1. The molecular weight excluding hydrogens is 478 g/mol. The van der Waals surface area contributed by atoms with Crippen molar-refractivity contribution in [1.29, 1.82) is 0 Å². The van der Waals surface area contributed by atoms with Gasteiger partial charge in [-0.25, -0.2) is 4.79 Å². The fraction of sp³-hybridized carbons (Fsp3) is 0.333. The summed E-state index contributed by atoms with van der Waals surface area (Å²) in [4.78, 5) is 29.4. The average Bonchev–Trinajstić information content (AvgIpc) is 3.27. The Labute approximate surface area is 214 Å². The second-order valence-corrected chi connectivity index (χ2v) is 10.2. The lowest BCUT2D eigenvalue weighted by molar-refractivity contribution is 0.0729. The highest BCUT2D eigenvalue weighted by Gasteiger charge is 2.34. The van der Waals surface area contributed by atoms with E-state index in [4.69, 9.17) is 14.2 Å². The minimum Gasteiger partial charge on any atom is -0.497 e. The molecule has 0 saturated carbocycles. The number of esters is 1. The molecule has 188 valence electrons. The Morgan fingerprint density at radius 1 is 1.06 bits per heavy atom. The molecule has 0 bridgehead atoms. The molecule has 2 N–H and O–H groups in total. The fourth-order valence-corrected chi connectivity index (χ4v) is 5.88. The number of amides is 1. The number of nitrogens with zero attached hydrogens (tertiary/aromatic N) is 1. The number of carbonyl (C=O) groups is 2. The van der Waals surface area contributed by atoms with Gasteiger partial charge in [-0.05, 0) is 67.8 Å². The van der Waals surface area contributed by atoms with Crippen LogP contribution in [0.1, 0.15) is 56.7 Å². The van der Waals surface area contributed by atoms with Crippen LogP contribution in [0.5, 0.6) is 17.2 Å². The summed E-state index contributed by atoms with van der Waals surface area (Å²) in [6.45, 7) is 6.22. The number of anilines is 1. The van der Waals surface area contributed by atoms with E-state index in [1.165, 1.54) is 12.0 Å². The Morgan fingerprint density at radius 3 is 2.53 bits per heavy atom. The first kappa shape index (κ1) is 24.1. The fourth-order valence-electron chi connectivity index (χ4n) is 4.58. The Kier molecular flexibility index (Phi) is 6.59. The van der Waals surface area contributed by atoms with Gasteiger partial charge in [-0.3, -0.25) is 9.69 Å². The molecule has 2 aliphatic heterocycles. The van der Waals surface area contributed by atoms with Crippen molar-refractivity contribution in [3.8, 4) is 17.2 Å².